The molecule has 23 heavy (non-hydrogen) atoms. The molecule has 0 saturated carbocycles. The second-order valence-electron chi connectivity index (χ2n) is 7.09. The van der Waals surface area contributed by atoms with Crippen molar-refractivity contribution >= 4 is 11.4 Å². The Morgan fingerprint density at radius 2 is 0.870 bits per heavy atom. The highest BCUT2D eigenvalue weighted by atomic mass is 15.2. The SMILES string of the molecule is CC(C)(C)N1c2ccccc2-c2ccccc2-c2ccccc21. The summed E-state index contributed by atoms with van der Waals surface area (Å²) in [6.07, 6.45) is 0. The Labute approximate surface area is 138 Å². The third kappa shape index (κ3) is 2.16. The van der Waals surface area contributed by atoms with Crippen molar-refractivity contribution < 1.29 is 0 Å². The van der Waals surface area contributed by atoms with Gasteiger partial charge < -0.3 is 4.90 Å². The standard InChI is InChI=1S/C22H21N/c1-22(2,3)23-20-14-8-6-12-18(20)16-10-4-5-11-17(16)19-13-7-9-15-21(19)23/h4-15H,1-3H3. The maximum Gasteiger partial charge on any atom is 0.0495 e. The summed E-state index contributed by atoms with van der Waals surface area (Å²) in [7, 11) is 0. The fourth-order valence-corrected chi connectivity index (χ4v) is 3.60. The first kappa shape index (κ1) is 14.1. The quantitative estimate of drug-likeness (QED) is 0.473. The topological polar surface area (TPSA) is 3.24 Å². The first-order chi connectivity index (χ1) is 11.1. The highest BCUT2D eigenvalue weighted by Gasteiger charge is 2.30. The first-order valence-electron chi connectivity index (χ1n) is 8.15. The van der Waals surface area contributed by atoms with Gasteiger partial charge in [0.15, 0.2) is 0 Å². The highest BCUT2D eigenvalue weighted by molar-refractivity contribution is 5.99. The maximum atomic E-state index is 2.47. The van der Waals surface area contributed by atoms with E-state index in [1.54, 1.807) is 0 Å². The lowest BCUT2D eigenvalue weighted by Gasteiger charge is -2.39. The van der Waals surface area contributed by atoms with Crippen LogP contribution in [-0.4, -0.2) is 5.54 Å². The van der Waals surface area contributed by atoms with Crippen LogP contribution in [0.4, 0.5) is 11.4 Å². The monoisotopic (exact) mass is 299 g/mol. The summed E-state index contributed by atoms with van der Waals surface area (Å²) in [5.41, 5.74) is 7.76. The van der Waals surface area contributed by atoms with Crippen LogP contribution in [0.15, 0.2) is 72.8 Å². The Morgan fingerprint density at radius 3 is 1.26 bits per heavy atom. The number of rotatable bonds is 0. The van der Waals surface area contributed by atoms with Gasteiger partial charge in [0.25, 0.3) is 0 Å². The second kappa shape index (κ2) is 4.99. The van der Waals surface area contributed by atoms with E-state index in [0.29, 0.717) is 0 Å². The van der Waals surface area contributed by atoms with Crippen LogP contribution in [0.2, 0.25) is 0 Å². The third-order valence-corrected chi connectivity index (χ3v) is 4.47. The second-order valence-corrected chi connectivity index (χ2v) is 7.09. The molecule has 0 aromatic heterocycles. The number of para-hydroxylation sites is 2. The minimum Gasteiger partial charge on any atom is -0.335 e. The van der Waals surface area contributed by atoms with E-state index in [2.05, 4.69) is 98.5 Å². The average molecular weight is 299 g/mol. The molecule has 1 nitrogen and oxygen atoms in total. The summed E-state index contributed by atoms with van der Waals surface area (Å²) in [6, 6.07) is 26.2. The van der Waals surface area contributed by atoms with Gasteiger partial charge in [-0.25, -0.2) is 0 Å². The van der Waals surface area contributed by atoms with Gasteiger partial charge in [0.1, 0.15) is 0 Å². The van der Waals surface area contributed by atoms with Crippen LogP contribution in [0.3, 0.4) is 0 Å². The van der Waals surface area contributed by atoms with Gasteiger partial charge in [-0.05, 0) is 44.0 Å². The summed E-state index contributed by atoms with van der Waals surface area (Å²) in [4.78, 5) is 2.47. The van der Waals surface area contributed by atoms with Crippen LogP contribution in [-0.2, 0) is 0 Å². The van der Waals surface area contributed by atoms with E-state index in [1.165, 1.54) is 33.6 Å². The molecule has 0 atom stereocenters. The Bertz CT molecular complexity index is 804. The summed E-state index contributed by atoms with van der Waals surface area (Å²) < 4.78 is 0. The lowest BCUT2D eigenvalue weighted by Crippen LogP contribution is -2.37. The van der Waals surface area contributed by atoms with Crippen molar-refractivity contribution in [2.45, 2.75) is 26.3 Å². The fourth-order valence-electron chi connectivity index (χ4n) is 3.60. The molecular weight excluding hydrogens is 278 g/mol. The Hall–Kier alpha value is -2.54. The van der Waals surface area contributed by atoms with E-state index in [1.807, 2.05) is 0 Å². The van der Waals surface area contributed by atoms with E-state index in [0.717, 1.165) is 0 Å². The Balaban J connectivity index is 2.17. The molecule has 114 valence electrons. The maximum absolute atomic E-state index is 2.47. The predicted octanol–water partition coefficient (Wildman–Crippen LogP) is 6.27. The van der Waals surface area contributed by atoms with Crippen LogP contribution < -0.4 is 4.90 Å². The zero-order chi connectivity index (χ0) is 16.0. The molecule has 0 amide bonds. The van der Waals surface area contributed by atoms with Crippen LogP contribution in [0.25, 0.3) is 22.3 Å². The van der Waals surface area contributed by atoms with Gasteiger partial charge in [0.2, 0.25) is 0 Å². The zero-order valence-electron chi connectivity index (χ0n) is 13.9. The first-order valence-corrected chi connectivity index (χ1v) is 8.15. The zero-order valence-corrected chi connectivity index (χ0v) is 13.9. The van der Waals surface area contributed by atoms with Gasteiger partial charge in [-0.15, -0.1) is 0 Å². The number of anilines is 2. The van der Waals surface area contributed by atoms with E-state index < -0.39 is 0 Å². The smallest absolute Gasteiger partial charge is 0.0495 e. The molecule has 0 spiro atoms. The minimum atomic E-state index is -0.00570. The van der Waals surface area contributed by atoms with Crippen molar-refractivity contribution in [1.29, 1.82) is 0 Å². The molecular formula is C22H21N. The lowest BCUT2D eigenvalue weighted by molar-refractivity contribution is 0.561. The average Bonchev–Trinajstić information content (AvgIpc) is 2.67. The molecule has 0 saturated heterocycles. The van der Waals surface area contributed by atoms with Crippen LogP contribution in [0, 0.1) is 0 Å². The summed E-state index contributed by atoms with van der Waals surface area (Å²) in [5.74, 6) is 0. The summed E-state index contributed by atoms with van der Waals surface area (Å²) >= 11 is 0. The Morgan fingerprint density at radius 1 is 0.522 bits per heavy atom. The number of nitrogens with zero attached hydrogens (tertiary/aromatic N) is 1. The lowest BCUT2D eigenvalue weighted by atomic mass is 9.95. The number of fused-ring (bicyclic) bond motifs is 5. The highest BCUT2D eigenvalue weighted by Crippen LogP contribution is 2.49. The molecule has 0 unspecified atom stereocenters. The van der Waals surface area contributed by atoms with E-state index >= 15 is 0 Å². The normalized spacial score (nSPS) is 12.9. The number of benzene rings is 3. The van der Waals surface area contributed by atoms with E-state index in [4.69, 9.17) is 0 Å². The van der Waals surface area contributed by atoms with Crippen molar-refractivity contribution in [3.05, 3.63) is 72.8 Å². The molecule has 3 aromatic rings. The molecule has 0 bridgehead atoms. The molecule has 3 aromatic carbocycles. The molecule has 0 radical (unpaired) electrons. The molecule has 0 N–H and O–H groups in total. The fraction of sp³-hybridized carbons (Fsp3) is 0.182. The van der Waals surface area contributed by atoms with Crippen LogP contribution in [0.1, 0.15) is 20.8 Å². The van der Waals surface area contributed by atoms with Gasteiger partial charge in [0, 0.05) is 28.0 Å². The molecule has 1 aliphatic heterocycles. The van der Waals surface area contributed by atoms with Crippen molar-refractivity contribution in [2.24, 2.45) is 0 Å². The number of hydrogen-bond donors (Lipinski definition) is 0. The van der Waals surface area contributed by atoms with Crippen molar-refractivity contribution in [1.82, 2.24) is 0 Å². The summed E-state index contributed by atoms with van der Waals surface area (Å²) in [5, 5.41) is 0. The van der Waals surface area contributed by atoms with Crippen LogP contribution in [0.5, 0.6) is 0 Å². The number of hydrogen-bond acceptors (Lipinski definition) is 1. The largest absolute Gasteiger partial charge is 0.335 e. The molecule has 1 aliphatic rings. The molecule has 1 heteroatoms. The van der Waals surface area contributed by atoms with Gasteiger partial charge in [0.05, 0.1) is 0 Å². The predicted molar refractivity (Wildman–Crippen MR) is 99.2 cm³/mol. The summed E-state index contributed by atoms with van der Waals surface area (Å²) in [6.45, 7) is 6.82. The van der Waals surface area contributed by atoms with Gasteiger partial charge >= 0.3 is 0 Å². The van der Waals surface area contributed by atoms with Crippen LogP contribution >= 0.6 is 0 Å². The van der Waals surface area contributed by atoms with Crippen molar-refractivity contribution in [2.75, 3.05) is 4.90 Å². The van der Waals surface area contributed by atoms with Crippen molar-refractivity contribution in [3.63, 3.8) is 0 Å². The van der Waals surface area contributed by atoms with E-state index in [-0.39, 0.29) is 5.54 Å². The molecule has 1 heterocycles. The van der Waals surface area contributed by atoms with Gasteiger partial charge in [-0.1, -0.05) is 60.7 Å². The van der Waals surface area contributed by atoms with E-state index in [9.17, 15) is 0 Å². The molecule has 0 aliphatic carbocycles. The Kier molecular flexibility index (Phi) is 3.05. The van der Waals surface area contributed by atoms with Gasteiger partial charge in [-0.2, -0.15) is 0 Å². The molecule has 0 fully saturated rings. The minimum absolute atomic E-state index is 0.00570. The third-order valence-electron chi connectivity index (χ3n) is 4.47. The van der Waals surface area contributed by atoms with Gasteiger partial charge in [-0.3, -0.25) is 0 Å². The van der Waals surface area contributed by atoms with Crippen molar-refractivity contribution in [3.8, 4) is 22.3 Å². The molecule has 4 rings (SSSR count).